The van der Waals surface area contributed by atoms with Crippen LogP contribution in [0.25, 0.3) is 0 Å². The number of fused-ring (bicyclic) bond motifs is 1. The Kier molecular flexibility index (Phi) is 10.6. The van der Waals surface area contributed by atoms with Crippen molar-refractivity contribution in [2.24, 2.45) is 0 Å². The third-order valence-corrected chi connectivity index (χ3v) is 7.56. The quantitative estimate of drug-likeness (QED) is 0.265. The molecule has 0 saturated heterocycles. The largest absolute Gasteiger partial charge is 0.472 e. The molecule has 1 atom stereocenters. The number of hydrogen-bond acceptors (Lipinski definition) is 6. The Morgan fingerprint density at radius 2 is 1.89 bits per heavy atom. The molecule has 0 bridgehead atoms. The number of carbonyl (C=O) groups is 3. The highest BCUT2D eigenvalue weighted by atomic mass is 16.6. The van der Waals surface area contributed by atoms with E-state index in [1.54, 1.807) is 18.9 Å². The third kappa shape index (κ3) is 6.87. The molecule has 212 valence electrons. The van der Waals surface area contributed by atoms with E-state index in [4.69, 9.17) is 14.2 Å². The van der Waals surface area contributed by atoms with Gasteiger partial charge in [0.2, 0.25) is 5.60 Å². The number of anilines is 1. The maximum atomic E-state index is 14.0. The Balaban J connectivity index is 1.96. The molecular weight excluding hydrogens is 484 g/mol. The molecule has 1 unspecified atom stereocenters. The number of nitrogens with zero attached hydrogens (tertiary/aromatic N) is 2. The van der Waals surface area contributed by atoms with Gasteiger partial charge < -0.3 is 24.0 Å². The minimum atomic E-state index is -1.35. The summed E-state index contributed by atoms with van der Waals surface area (Å²) < 4.78 is 16.9. The van der Waals surface area contributed by atoms with Crippen LogP contribution in [-0.2, 0) is 19.1 Å². The van der Waals surface area contributed by atoms with Gasteiger partial charge in [0.15, 0.2) is 0 Å². The molecule has 1 aliphatic heterocycles. The van der Waals surface area contributed by atoms with Crippen molar-refractivity contribution in [1.82, 2.24) is 4.90 Å². The molecule has 3 rings (SSSR count). The van der Waals surface area contributed by atoms with Gasteiger partial charge >= 0.3 is 5.97 Å². The average molecular weight is 531 g/mol. The van der Waals surface area contributed by atoms with Gasteiger partial charge in [0.1, 0.15) is 12.4 Å². The predicted molar refractivity (Wildman–Crippen MR) is 148 cm³/mol. The first-order valence-corrected chi connectivity index (χ1v) is 14.3. The zero-order valence-corrected chi connectivity index (χ0v) is 24.1. The summed E-state index contributed by atoms with van der Waals surface area (Å²) >= 11 is 0. The van der Waals surface area contributed by atoms with Crippen molar-refractivity contribution < 1.29 is 28.6 Å². The summed E-state index contributed by atoms with van der Waals surface area (Å²) in [5.41, 5.74) is 0.640. The molecule has 1 saturated carbocycles. The highest BCUT2D eigenvalue weighted by molar-refractivity contribution is 6.05. The Morgan fingerprint density at radius 1 is 1.18 bits per heavy atom. The number of ether oxygens (including phenoxy) is 3. The molecule has 8 nitrogen and oxygen atoms in total. The summed E-state index contributed by atoms with van der Waals surface area (Å²) in [6, 6.07) is 3.98. The van der Waals surface area contributed by atoms with Gasteiger partial charge in [-0.05, 0) is 77.5 Å². The van der Waals surface area contributed by atoms with Crippen molar-refractivity contribution in [2.75, 3.05) is 31.8 Å². The molecule has 0 N–H and O–H groups in total. The first-order valence-electron chi connectivity index (χ1n) is 14.3. The van der Waals surface area contributed by atoms with Crippen LogP contribution < -0.4 is 9.64 Å². The second kappa shape index (κ2) is 13.5. The minimum absolute atomic E-state index is 0.000753. The lowest BCUT2D eigenvalue weighted by Crippen LogP contribution is -2.57. The summed E-state index contributed by atoms with van der Waals surface area (Å²) in [6.45, 7) is 10.5. The molecule has 2 amide bonds. The van der Waals surface area contributed by atoms with Crippen molar-refractivity contribution in [3.63, 3.8) is 0 Å². The van der Waals surface area contributed by atoms with Crippen molar-refractivity contribution >= 4 is 23.5 Å². The van der Waals surface area contributed by atoms with Gasteiger partial charge in [-0.15, -0.1) is 0 Å². The van der Waals surface area contributed by atoms with Gasteiger partial charge in [-0.25, -0.2) is 0 Å². The van der Waals surface area contributed by atoms with E-state index < -0.39 is 5.60 Å². The van der Waals surface area contributed by atoms with Crippen LogP contribution in [0.5, 0.6) is 5.75 Å². The van der Waals surface area contributed by atoms with E-state index in [0.29, 0.717) is 43.0 Å². The van der Waals surface area contributed by atoms with E-state index in [2.05, 4.69) is 13.8 Å². The van der Waals surface area contributed by atoms with Crippen LogP contribution in [0.3, 0.4) is 0 Å². The van der Waals surface area contributed by atoms with Gasteiger partial charge in [-0.2, -0.15) is 0 Å². The zero-order chi connectivity index (χ0) is 27.9. The number of carbonyl (C=O) groups excluding carboxylic acids is 3. The lowest BCUT2D eigenvalue weighted by molar-refractivity contribution is -0.154. The predicted octanol–water partition coefficient (Wildman–Crippen LogP) is 5.43. The summed E-state index contributed by atoms with van der Waals surface area (Å²) in [6.07, 6.45) is 8.03. The number of hydrogen-bond donors (Lipinski definition) is 0. The van der Waals surface area contributed by atoms with Crippen LogP contribution in [0, 0.1) is 6.92 Å². The monoisotopic (exact) mass is 530 g/mol. The van der Waals surface area contributed by atoms with E-state index >= 15 is 0 Å². The molecule has 1 fully saturated rings. The summed E-state index contributed by atoms with van der Waals surface area (Å²) in [4.78, 5) is 43.5. The Bertz CT molecular complexity index is 987. The highest BCUT2D eigenvalue weighted by Crippen LogP contribution is 2.41. The van der Waals surface area contributed by atoms with Crippen LogP contribution in [0.2, 0.25) is 0 Å². The van der Waals surface area contributed by atoms with E-state index in [-0.39, 0.29) is 36.5 Å². The van der Waals surface area contributed by atoms with Gasteiger partial charge in [0.05, 0.1) is 5.69 Å². The summed E-state index contributed by atoms with van der Waals surface area (Å²) in [7, 11) is 1.66. The normalized spacial score (nSPS) is 19.8. The topological polar surface area (TPSA) is 85.4 Å². The lowest BCUT2D eigenvalue weighted by Gasteiger charge is -2.41. The molecule has 0 aromatic heterocycles. The van der Waals surface area contributed by atoms with Crippen molar-refractivity contribution in [3.05, 3.63) is 23.3 Å². The van der Waals surface area contributed by atoms with Gasteiger partial charge in [-0.1, -0.05) is 26.2 Å². The van der Waals surface area contributed by atoms with Gasteiger partial charge in [-0.3, -0.25) is 14.4 Å². The molecule has 1 aromatic rings. The fraction of sp³-hybridized carbons (Fsp3) is 0.700. The minimum Gasteiger partial charge on any atom is -0.472 e. The maximum Gasteiger partial charge on any atom is 0.305 e. The molecule has 1 aliphatic carbocycles. The van der Waals surface area contributed by atoms with E-state index in [0.717, 1.165) is 44.1 Å². The number of esters is 1. The molecule has 38 heavy (non-hydrogen) atoms. The molecule has 8 heteroatoms. The third-order valence-electron chi connectivity index (χ3n) is 7.56. The second-order valence-corrected chi connectivity index (χ2v) is 11.1. The van der Waals surface area contributed by atoms with Gasteiger partial charge in [0, 0.05) is 44.3 Å². The van der Waals surface area contributed by atoms with Crippen molar-refractivity contribution in [2.45, 2.75) is 110 Å². The summed E-state index contributed by atoms with van der Waals surface area (Å²) in [5, 5.41) is 0. The molecule has 1 heterocycles. The fourth-order valence-corrected chi connectivity index (χ4v) is 5.52. The number of unbranched alkanes of at least 4 members (excludes halogenated alkanes) is 1. The van der Waals surface area contributed by atoms with E-state index in [1.807, 2.05) is 30.9 Å². The lowest BCUT2D eigenvalue weighted by atomic mass is 9.92. The number of rotatable bonds is 12. The van der Waals surface area contributed by atoms with Crippen LogP contribution in [-0.4, -0.2) is 67.2 Å². The Hall–Kier alpha value is -2.61. The first-order chi connectivity index (χ1) is 18.1. The molecule has 1 aromatic carbocycles. The average Bonchev–Trinajstić information content (AvgIpc) is 2.88. The first kappa shape index (κ1) is 29.9. The van der Waals surface area contributed by atoms with E-state index in [9.17, 15) is 14.4 Å². The maximum absolute atomic E-state index is 14.0. The zero-order valence-electron chi connectivity index (χ0n) is 24.1. The SMILES string of the molecule is CCCC(=O)OCC1(C)Oc2cc(C)c(C(=O)N(C(C)C)C3CCCCC3)cc2N(CCCCOC)C1=O. The smallest absolute Gasteiger partial charge is 0.305 e. The second-order valence-electron chi connectivity index (χ2n) is 11.1. The van der Waals surface area contributed by atoms with Gasteiger partial charge in [0.25, 0.3) is 11.8 Å². The van der Waals surface area contributed by atoms with E-state index in [1.165, 1.54) is 6.42 Å². The van der Waals surface area contributed by atoms with Crippen LogP contribution in [0.1, 0.15) is 101 Å². The highest BCUT2D eigenvalue weighted by Gasteiger charge is 2.46. The number of aryl methyl sites for hydroxylation is 1. The van der Waals surface area contributed by atoms with Crippen LogP contribution in [0.15, 0.2) is 12.1 Å². The standard InChI is InChI=1S/C30H46N2O6/c1-7-13-27(33)37-20-30(5)29(35)31(16-11-12-17-36-6)25-19-24(22(4)18-26(25)38-30)28(34)32(21(2)3)23-14-9-8-10-15-23/h18-19,21,23H,7-17,20H2,1-6H3. The summed E-state index contributed by atoms with van der Waals surface area (Å²) in [5.74, 6) is -0.104. The molecular formula is C30H46N2O6. The van der Waals surface area contributed by atoms with Crippen LogP contribution >= 0.6 is 0 Å². The van der Waals surface area contributed by atoms with Crippen LogP contribution in [0.4, 0.5) is 5.69 Å². The molecule has 2 aliphatic rings. The molecule has 0 radical (unpaired) electrons. The van der Waals surface area contributed by atoms with Crippen molar-refractivity contribution in [1.29, 1.82) is 0 Å². The number of methoxy groups -OCH3 is 1. The Labute approximate surface area is 228 Å². The fourth-order valence-electron chi connectivity index (χ4n) is 5.52. The van der Waals surface area contributed by atoms with Crippen molar-refractivity contribution in [3.8, 4) is 5.75 Å². The molecule has 0 spiro atoms. The number of amides is 2. The Morgan fingerprint density at radius 3 is 2.53 bits per heavy atom. The number of benzene rings is 1.